The highest BCUT2D eigenvalue weighted by Gasteiger charge is 2.42. The van der Waals surface area contributed by atoms with Crippen molar-refractivity contribution in [2.24, 2.45) is 11.8 Å². The van der Waals surface area contributed by atoms with Crippen molar-refractivity contribution in [2.75, 3.05) is 26.2 Å². The van der Waals surface area contributed by atoms with Gasteiger partial charge < -0.3 is 10.2 Å². The van der Waals surface area contributed by atoms with Crippen molar-refractivity contribution in [2.45, 2.75) is 43.9 Å². The molecule has 4 aliphatic rings. The van der Waals surface area contributed by atoms with Crippen LogP contribution in [-0.4, -0.2) is 37.0 Å². The third-order valence-corrected chi connectivity index (χ3v) is 6.63. The first-order chi connectivity index (χ1) is 12.2. The molecule has 0 bridgehead atoms. The number of amides is 1. The van der Waals surface area contributed by atoms with E-state index in [-0.39, 0.29) is 11.3 Å². The van der Waals surface area contributed by atoms with E-state index >= 15 is 0 Å². The van der Waals surface area contributed by atoms with Crippen LogP contribution in [0.1, 0.15) is 49.7 Å². The van der Waals surface area contributed by atoms with Crippen LogP contribution >= 0.6 is 0 Å². The molecule has 1 aliphatic heterocycles. The smallest absolute Gasteiger partial charge is 0.251 e. The predicted octanol–water partition coefficient (Wildman–Crippen LogP) is 3.35. The summed E-state index contributed by atoms with van der Waals surface area (Å²) in [5.41, 5.74) is 3.57. The van der Waals surface area contributed by atoms with Crippen molar-refractivity contribution in [3.63, 3.8) is 0 Å². The number of benzene rings is 1. The van der Waals surface area contributed by atoms with Gasteiger partial charge in [-0.05, 0) is 74.6 Å². The average molecular weight is 336 g/mol. The summed E-state index contributed by atoms with van der Waals surface area (Å²) in [6, 6.07) is 8.60. The summed E-state index contributed by atoms with van der Waals surface area (Å²) < 4.78 is 0. The van der Waals surface area contributed by atoms with E-state index in [1.807, 2.05) is 0 Å². The molecule has 0 radical (unpaired) electrons. The number of likely N-dealkylation sites (tertiary alicyclic amines) is 1. The summed E-state index contributed by atoms with van der Waals surface area (Å²) in [6.45, 7) is 4.47. The molecule has 1 spiro atoms. The lowest BCUT2D eigenvalue weighted by Crippen LogP contribution is -2.41. The quantitative estimate of drug-likeness (QED) is 0.894. The van der Waals surface area contributed by atoms with Crippen molar-refractivity contribution in [3.8, 4) is 0 Å². The molecule has 3 aliphatic carbocycles. The summed E-state index contributed by atoms with van der Waals surface area (Å²) in [7, 11) is 0. The highest BCUT2D eigenvalue weighted by atomic mass is 16.1. The largest absolute Gasteiger partial charge is 0.352 e. The van der Waals surface area contributed by atoms with Gasteiger partial charge in [0.1, 0.15) is 0 Å². The van der Waals surface area contributed by atoms with Gasteiger partial charge >= 0.3 is 0 Å². The summed E-state index contributed by atoms with van der Waals surface area (Å²) >= 11 is 0. The predicted molar refractivity (Wildman–Crippen MR) is 100 cm³/mol. The van der Waals surface area contributed by atoms with Gasteiger partial charge in [-0.3, -0.25) is 4.79 Å². The van der Waals surface area contributed by atoms with Crippen molar-refractivity contribution < 1.29 is 4.79 Å². The van der Waals surface area contributed by atoms with Gasteiger partial charge in [0.2, 0.25) is 0 Å². The molecule has 1 N–H and O–H groups in total. The van der Waals surface area contributed by atoms with E-state index in [9.17, 15) is 4.79 Å². The number of piperidine rings is 1. The van der Waals surface area contributed by atoms with E-state index in [2.05, 4.69) is 40.6 Å². The van der Waals surface area contributed by atoms with Crippen LogP contribution in [0.25, 0.3) is 5.57 Å². The molecule has 25 heavy (non-hydrogen) atoms. The number of carbonyl (C=O) groups excluding carboxylic acids is 1. The summed E-state index contributed by atoms with van der Waals surface area (Å²) in [5.74, 6) is 1.82. The van der Waals surface area contributed by atoms with Crippen LogP contribution in [0.3, 0.4) is 0 Å². The standard InChI is InChI=1S/C22H28N2O/c25-21(23-14-16-5-6-16)19-13-22(20-4-2-1-3-18(19)20)9-11-24(12-10-22)15-17-7-8-17/h1-4,13,16-17H,5-12,14-15H2,(H,23,25). The van der Waals surface area contributed by atoms with Crippen LogP contribution in [0.5, 0.6) is 0 Å². The van der Waals surface area contributed by atoms with E-state index < -0.39 is 0 Å². The molecule has 0 aromatic heterocycles. The van der Waals surface area contributed by atoms with Crippen molar-refractivity contribution in [3.05, 3.63) is 41.5 Å². The minimum atomic E-state index is 0.0862. The molecule has 1 heterocycles. The van der Waals surface area contributed by atoms with Gasteiger partial charge in [-0.2, -0.15) is 0 Å². The Morgan fingerprint density at radius 3 is 2.52 bits per heavy atom. The molecule has 3 heteroatoms. The molecule has 3 nitrogen and oxygen atoms in total. The van der Waals surface area contributed by atoms with Crippen LogP contribution in [0.4, 0.5) is 0 Å². The molecule has 0 atom stereocenters. The Morgan fingerprint density at radius 2 is 1.80 bits per heavy atom. The molecule has 3 fully saturated rings. The van der Waals surface area contributed by atoms with Crippen molar-refractivity contribution >= 4 is 11.5 Å². The molecule has 1 saturated heterocycles. The monoisotopic (exact) mass is 336 g/mol. The lowest BCUT2D eigenvalue weighted by molar-refractivity contribution is -0.115. The van der Waals surface area contributed by atoms with Crippen LogP contribution < -0.4 is 5.32 Å². The number of fused-ring (bicyclic) bond motifs is 2. The average Bonchev–Trinajstić information content (AvgIpc) is 3.56. The first-order valence-corrected chi connectivity index (χ1v) is 10.1. The molecule has 1 aromatic carbocycles. The number of nitrogens with zero attached hydrogens (tertiary/aromatic N) is 1. The highest BCUT2D eigenvalue weighted by molar-refractivity contribution is 6.21. The number of hydrogen-bond donors (Lipinski definition) is 1. The summed E-state index contributed by atoms with van der Waals surface area (Å²) in [4.78, 5) is 15.4. The van der Waals surface area contributed by atoms with Gasteiger partial charge in [-0.25, -0.2) is 0 Å². The van der Waals surface area contributed by atoms with Crippen LogP contribution in [-0.2, 0) is 10.2 Å². The number of hydrogen-bond acceptors (Lipinski definition) is 2. The second kappa shape index (κ2) is 5.98. The molecular weight excluding hydrogens is 308 g/mol. The Labute approximate surface area is 150 Å². The second-order valence-corrected chi connectivity index (χ2v) is 8.66. The molecule has 1 amide bonds. The van der Waals surface area contributed by atoms with Crippen molar-refractivity contribution in [1.29, 1.82) is 0 Å². The molecule has 5 rings (SSSR count). The number of allylic oxidation sites excluding steroid dienone is 1. The van der Waals surface area contributed by atoms with E-state index in [0.29, 0.717) is 0 Å². The topological polar surface area (TPSA) is 32.3 Å². The normalized spacial score (nSPS) is 24.9. The lowest BCUT2D eigenvalue weighted by atomic mass is 9.74. The fraction of sp³-hybridized carbons (Fsp3) is 0.591. The minimum Gasteiger partial charge on any atom is -0.352 e. The fourth-order valence-electron chi connectivity index (χ4n) is 4.64. The second-order valence-electron chi connectivity index (χ2n) is 8.66. The van der Waals surface area contributed by atoms with E-state index in [1.165, 1.54) is 43.4 Å². The molecule has 1 aromatic rings. The molecular formula is C22H28N2O. The third-order valence-electron chi connectivity index (χ3n) is 6.63. The molecule has 132 valence electrons. The summed E-state index contributed by atoms with van der Waals surface area (Å²) in [5, 5.41) is 3.17. The van der Waals surface area contributed by atoms with Crippen LogP contribution in [0.2, 0.25) is 0 Å². The zero-order chi connectivity index (χ0) is 16.9. The Bertz CT molecular complexity index is 706. The van der Waals surface area contributed by atoms with Gasteiger partial charge in [0.05, 0.1) is 0 Å². The van der Waals surface area contributed by atoms with Gasteiger partial charge in [0, 0.05) is 24.1 Å². The number of rotatable bonds is 5. The highest BCUT2D eigenvalue weighted by Crippen LogP contribution is 2.47. The zero-order valence-electron chi connectivity index (χ0n) is 15.0. The summed E-state index contributed by atoms with van der Waals surface area (Å²) in [6.07, 6.45) is 10.0. The maximum atomic E-state index is 12.8. The Morgan fingerprint density at radius 1 is 1.08 bits per heavy atom. The Hall–Kier alpha value is -1.61. The third kappa shape index (κ3) is 3.03. The van der Waals surface area contributed by atoms with Crippen LogP contribution in [0.15, 0.2) is 30.3 Å². The maximum absolute atomic E-state index is 12.8. The first kappa shape index (κ1) is 15.6. The van der Waals surface area contributed by atoms with E-state index in [0.717, 1.165) is 49.9 Å². The zero-order valence-corrected chi connectivity index (χ0v) is 15.0. The van der Waals surface area contributed by atoms with Gasteiger partial charge in [-0.15, -0.1) is 0 Å². The minimum absolute atomic E-state index is 0.0862. The number of carbonyl (C=O) groups is 1. The van der Waals surface area contributed by atoms with E-state index in [1.54, 1.807) is 0 Å². The van der Waals surface area contributed by atoms with Gasteiger partial charge in [-0.1, -0.05) is 30.3 Å². The van der Waals surface area contributed by atoms with Gasteiger partial charge in [0.15, 0.2) is 0 Å². The lowest BCUT2D eigenvalue weighted by Gasteiger charge is -2.39. The van der Waals surface area contributed by atoms with Crippen LogP contribution in [0, 0.1) is 11.8 Å². The maximum Gasteiger partial charge on any atom is 0.251 e. The molecule has 0 unspecified atom stereocenters. The Kier molecular flexibility index (Phi) is 3.74. The van der Waals surface area contributed by atoms with Crippen molar-refractivity contribution in [1.82, 2.24) is 10.2 Å². The molecule has 2 saturated carbocycles. The SMILES string of the molecule is O=C(NCC1CC1)C1=CC2(CCN(CC3CC3)CC2)c2ccccc21. The Balaban J connectivity index is 1.36. The van der Waals surface area contributed by atoms with E-state index in [4.69, 9.17) is 0 Å². The fourth-order valence-corrected chi connectivity index (χ4v) is 4.64. The van der Waals surface area contributed by atoms with Gasteiger partial charge in [0.25, 0.3) is 5.91 Å². The first-order valence-electron chi connectivity index (χ1n) is 10.1. The number of nitrogens with one attached hydrogen (secondary N) is 1.